The summed E-state index contributed by atoms with van der Waals surface area (Å²) in [7, 11) is -2.75. The maximum atomic E-state index is 12.5. The molecule has 0 bridgehead atoms. The highest BCUT2D eigenvalue weighted by Crippen LogP contribution is 2.25. The molecule has 2 rings (SSSR count). The zero-order valence-electron chi connectivity index (χ0n) is 10.9. The molecule has 20 heavy (non-hydrogen) atoms. The molecule has 108 valence electrons. The molecule has 0 radical (unpaired) electrons. The minimum atomic E-state index is -4.08. The van der Waals surface area contributed by atoms with Crippen LogP contribution in [0.4, 0.5) is 5.69 Å². The molecule has 0 aliphatic carbocycles. The van der Waals surface area contributed by atoms with Crippen molar-refractivity contribution < 1.29 is 8.42 Å². The van der Waals surface area contributed by atoms with Crippen LogP contribution in [0.2, 0.25) is 0 Å². The predicted octanol–water partition coefficient (Wildman–Crippen LogP) is -0.0384. The molecular weight excluding hydrogens is 304 g/mol. The van der Waals surface area contributed by atoms with Gasteiger partial charge >= 0.3 is 5.69 Å². The van der Waals surface area contributed by atoms with Gasteiger partial charge in [0, 0.05) is 18.1 Å². The van der Waals surface area contributed by atoms with Crippen molar-refractivity contribution in [1.29, 1.82) is 0 Å². The Labute approximate surface area is 118 Å². The molecule has 10 heteroatoms. The fourth-order valence-corrected chi connectivity index (χ4v) is 4.00. The van der Waals surface area contributed by atoms with Crippen LogP contribution in [-0.4, -0.2) is 29.8 Å². The van der Waals surface area contributed by atoms with Gasteiger partial charge in [-0.2, -0.15) is 4.37 Å². The third-order valence-corrected chi connectivity index (χ3v) is 5.39. The number of nitrogens with zero attached hydrogens (tertiary/aromatic N) is 2. The first-order valence-electron chi connectivity index (χ1n) is 5.48. The highest BCUT2D eigenvalue weighted by atomic mass is 32.2. The number of sulfonamides is 1. The number of anilines is 1. The molecule has 2 aromatic rings. The lowest BCUT2D eigenvalue weighted by Gasteiger charge is -2.18. The molecule has 0 saturated carbocycles. The predicted molar refractivity (Wildman–Crippen MR) is 74.9 cm³/mol. The van der Waals surface area contributed by atoms with Gasteiger partial charge < -0.3 is 4.98 Å². The lowest BCUT2D eigenvalue weighted by Crippen LogP contribution is -2.36. The second kappa shape index (κ2) is 4.87. The number of aryl methyl sites for hydroxylation is 2. The fourth-order valence-electron chi connectivity index (χ4n) is 1.75. The molecule has 0 aromatic carbocycles. The quantitative estimate of drug-likeness (QED) is 0.824. The summed E-state index contributed by atoms with van der Waals surface area (Å²) in [5, 5.41) is 1.57. The van der Waals surface area contributed by atoms with E-state index in [2.05, 4.69) is 9.36 Å². The van der Waals surface area contributed by atoms with Gasteiger partial charge in [-0.15, -0.1) is 0 Å². The second-order valence-corrected chi connectivity index (χ2v) is 6.66. The zero-order chi connectivity index (χ0) is 15.1. The van der Waals surface area contributed by atoms with Crippen LogP contribution in [0, 0.1) is 13.8 Å². The van der Waals surface area contributed by atoms with Crippen LogP contribution < -0.4 is 15.6 Å². The summed E-state index contributed by atoms with van der Waals surface area (Å²) in [6.07, 6.45) is 0. The molecule has 2 heterocycles. The maximum Gasteiger partial charge on any atom is 0.325 e. The smallest absolute Gasteiger partial charge is 0.310 e. The minimum absolute atomic E-state index is 0.00792. The van der Waals surface area contributed by atoms with Crippen molar-refractivity contribution in [2.45, 2.75) is 18.7 Å². The van der Waals surface area contributed by atoms with Crippen LogP contribution in [0.25, 0.3) is 0 Å². The van der Waals surface area contributed by atoms with Gasteiger partial charge in [0.25, 0.3) is 15.6 Å². The van der Waals surface area contributed by atoms with E-state index in [-0.39, 0.29) is 5.69 Å². The van der Waals surface area contributed by atoms with Crippen molar-refractivity contribution in [3.05, 3.63) is 37.6 Å². The Kier molecular flexibility index (Phi) is 3.52. The molecule has 2 N–H and O–H groups in total. The summed E-state index contributed by atoms with van der Waals surface area (Å²) in [5.74, 6) is 0. The van der Waals surface area contributed by atoms with E-state index >= 15 is 0 Å². The van der Waals surface area contributed by atoms with E-state index in [1.165, 1.54) is 14.0 Å². The topological polar surface area (TPSA) is 116 Å². The number of aromatic amines is 2. The number of aromatic nitrogens is 3. The number of H-pyrrole nitrogens is 2. The highest BCUT2D eigenvalue weighted by Gasteiger charge is 2.28. The van der Waals surface area contributed by atoms with Gasteiger partial charge in [-0.3, -0.25) is 14.1 Å². The maximum absolute atomic E-state index is 12.5. The standard InChI is InChI=1S/C10H12N4O4S2/c1-5-7(4-19-13-5)14(3)20(17,18)8-6(2)11-10(16)12-9(8)15/h4H,1-3H3,(H2,11,12,15,16). The Hall–Kier alpha value is -1.94. The van der Waals surface area contributed by atoms with Gasteiger partial charge in [-0.25, -0.2) is 13.2 Å². The monoisotopic (exact) mass is 316 g/mol. The first-order valence-corrected chi connectivity index (χ1v) is 7.76. The summed E-state index contributed by atoms with van der Waals surface area (Å²) in [6, 6.07) is 0. The van der Waals surface area contributed by atoms with Gasteiger partial charge in [0.15, 0.2) is 4.90 Å². The van der Waals surface area contributed by atoms with E-state index in [1.807, 2.05) is 4.98 Å². The molecule has 0 unspecified atom stereocenters. The molecular formula is C10H12N4O4S2. The molecule has 0 saturated heterocycles. The summed E-state index contributed by atoms with van der Waals surface area (Å²) < 4.78 is 30.0. The Morgan fingerprint density at radius 3 is 2.40 bits per heavy atom. The zero-order valence-corrected chi connectivity index (χ0v) is 12.6. The highest BCUT2D eigenvalue weighted by molar-refractivity contribution is 7.92. The van der Waals surface area contributed by atoms with Crippen molar-refractivity contribution in [3.8, 4) is 0 Å². The molecule has 2 aromatic heterocycles. The summed E-state index contributed by atoms with van der Waals surface area (Å²) in [6.45, 7) is 3.03. The van der Waals surface area contributed by atoms with Gasteiger partial charge in [-0.1, -0.05) is 0 Å². The third-order valence-electron chi connectivity index (χ3n) is 2.76. The molecule has 0 spiro atoms. The van der Waals surface area contributed by atoms with Crippen LogP contribution in [0.3, 0.4) is 0 Å². The van der Waals surface area contributed by atoms with Gasteiger partial charge in [0.1, 0.15) is 0 Å². The second-order valence-electron chi connectivity index (χ2n) is 4.12. The Balaban J connectivity index is 2.66. The Bertz CT molecular complexity index is 862. The van der Waals surface area contributed by atoms with E-state index in [1.54, 1.807) is 12.3 Å². The van der Waals surface area contributed by atoms with Crippen LogP contribution >= 0.6 is 11.5 Å². The van der Waals surface area contributed by atoms with Gasteiger partial charge in [0.2, 0.25) is 0 Å². The van der Waals surface area contributed by atoms with Crippen molar-refractivity contribution in [2.24, 2.45) is 0 Å². The fraction of sp³-hybridized carbons (Fsp3) is 0.300. The third kappa shape index (κ3) is 2.27. The largest absolute Gasteiger partial charge is 0.325 e. The molecule has 0 aliphatic heterocycles. The molecule has 0 atom stereocenters. The molecule has 0 fully saturated rings. The summed E-state index contributed by atoms with van der Waals surface area (Å²) >= 11 is 1.12. The Morgan fingerprint density at radius 2 is 1.90 bits per heavy atom. The SMILES string of the molecule is Cc1nscc1N(C)S(=O)(=O)c1c(C)[nH]c(=O)[nH]c1=O. The van der Waals surface area contributed by atoms with E-state index in [9.17, 15) is 18.0 Å². The summed E-state index contributed by atoms with van der Waals surface area (Å²) in [5.41, 5.74) is -0.771. The molecule has 8 nitrogen and oxygen atoms in total. The Morgan fingerprint density at radius 1 is 1.25 bits per heavy atom. The van der Waals surface area contributed by atoms with Crippen molar-refractivity contribution in [2.75, 3.05) is 11.4 Å². The van der Waals surface area contributed by atoms with Crippen molar-refractivity contribution in [1.82, 2.24) is 14.3 Å². The lowest BCUT2D eigenvalue weighted by molar-refractivity contribution is 0.591. The number of hydrogen-bond donors (Lipinski definition) is 2. The normalized spacial score (nSPS) is 11.6. The van der Waals surface area contributed by atoms with Crippen LogP contribution in [-0.2, 0) is 10.0 Å². The van der Waals surface area contributed by atoms with Gasteiger partial charge in [0.05, 0.1) is 11.4 Å². The average Bonchev–Trinajstić information content (AvgIpc) is 2.72. The summed E-state index contributed by atoms with van der Waals surface area (Å²) in [4.78, 5) is 26.6. The molecule has 0 aliphatic rings. The van der Waals surface area contributed by atoms with Gasteiger partial charge in [-0.05, 0) is 25.4 Å². The number of nitrogens with one attached hydrogen (secondary N) is 2. The van der Waals surface area contributed by atoms with Crippen LogP contribution in [0.15, 0.2) is 19.9 Å². The van der Waals surface area contributed by atoms with E-state index < -0.39 is 26.2 Å². The van der Waals surface area contributed by atoms with E-state index in [4.69, 9.17) is 0 Å². The first kappa shape index (κ1) is 14.5. The molecule has 0 amide bonds. The minimum Gasteiger partial charge on any atom is -0.310 e. The van der Waals surface area contributed by atoms with Crippen LogP contribution in [0.5, 0.6) is 0 Å². The average molecular weight is 316 g/mol. The lowest BCUT2D eigenvalue weighted by atomic mass is 10.4. The first-order chi connectivity index (χ1) is 9.25. The number of hydrogen-bond acceptors (Lipinski definition) is 6. The van der Waals surface area contributed by atoms with E-state index in [0.29, 0.717) is 11.4 Å². The van der Waals surface area contributed by atoms with Crippen molar-refractivity contribution in [3.63, 3.8) is 0 Å². The van der Waals surface area contributed by atoms with Crippen molar-refractivity contribution >= 4 is 27.2 Å². The number of rotatable bonds is 3. The van der Waals surface area contributed by atoms with Crippen LogP contribution in [0.1, 0.15) is 11.4 Å². The van der Waals surface area contributed by atoms with E-state index in [0.717, 1.165) is 15.8 Å².